The third kappa shape index (κ3) is 2.86. The number of nitrogens with zero attached hydrogens (tertiary/aromatic N) is 4. The van der Waals surface area contributed by atoms with Crippen LogP contribution in [0.1, 0.15) is 11.1 Å². The number of aryl methyl sites for hydroxylation is 2. The van der Waals surface area contributed by atoms with E-state index in [0.29, 0.717) is 22.2 Å². The number of benzene rings is 2. The highest BCUT2D eigenvalue weighted by atomic mass is 32.1. The van der Waals surface area contributed by atoms with Crippen molar-refractivity contribution in [3.8, 4) is 27.6 Å². The van der Waals surface area contributed by atoms with Crippen LogP contribution in [-0.2, 0) is 0 Å². The molecule has 0 aliphatic carbocycles. The highest BCUT2D eigenvalue weighted by Crippen LogP contribution is 2.32. The Hall–Kier alpha value is -3.06. The molecule has 0 amide bonds. The Bertz CT molecular complexity index is 1080. The molecule has 4 aromatic rings. The Morgan fingerprint density at radius 2 is 1.85 bits per heavy atom. The maximum Gasteiger partial charge on any atom is 0.165 e. The van der Waals surface area contributed by atoms with Crippen LogP contribution < -0.4 is 5.73 Å². The van der Waals surface area contributed by atoms with Crippen molar-refractivity contribution in [1.29, 1.82) is 0 Å². The molecule has 5 nitrogen and oxygen atoms in total. The predicted molar refractivity (Wildman–Crippen MR) is 102 cm³/mol. The van der Waals surface area contributed by atoms with Crippen molar-refractivity contribution >= 4 is 17.2 Å². The first-order valence-corrected chi connectivity index (χ1v) is 8.91. The normalized spacial score (nSPS) is 11.0. The number of nitrogen functional groups attached to an aromatic ring is 1. The zero-order valence-electron chi connectivity index (χ0n) is 14.3. The van der Waals surface area contributed by atoms with Gasteiger partial charge in [0, 0.05) is 10.9 Å². The summed E-state index contributed by atoms with van der Waals surface area (Å²) < 4.78 is 14.6. The fourth-order valence-electron chi connectivity index (χ4n) is 2.82. The van der Waals surface area contributed by atoms with E-state index in [-0.39, 0.29) is 5.82 Å². The highest BCUT2D eigenvalue weighted by molar-refractivity contribution is 7.13. The lowest BCUT2D eigenvalue weighted by Crippen LogP contribution is -2.02. The molecule has 0 saturated carbocycles. The summed E-state index contributed by atoms with van der Waals surface area (Å²) >= 11 is 1.47. The number of rotatable bonds is 3. The van der Waals surface area contributed by atoms with Gasteiger partial charge in [-0.15, -0.1) is 16.4 Å². The van der Waals surface area contributed by atoms with E-state index in [9.17, 15) is 4.39 Å². The van der Waals surface area contributed by atoms with Crippen molar-refractivity contribution in [2.75, 3.05) is 5.73 Å². The summed E-state index contributed by atoms with van der Waals surface area (Å²) in [6.45, 7) is 4.14. The second-order valence-corrected chi connectivity index (χ2v) is 6.93. The third-order valence-electron chi connectivity index (χ3n) is 4.14. The Morgan fingerprint density at radius 3 is 2.58 bits per heavy atom. The summed E-state index contributed by atoms with van der Waals surface area (Å²) in [6.07, 6.45) is 0. The average molecular weight is 365 g/mol. The number of aromatic nitrogens is 4. The zero-order chi connectivity index (χ0) is 18.3. The minimum Gasteiger partial charge on any atom is -0.382 e. The van der Waals surface area contributed by atoms with Crippen molar-refractivity contribution in [3.05, 3.63) is 64.8 Å². The monoisotopic (exact) mass is 365 g/mol. The van der Waals surface area contributed by atoms with Gasteiger partial charge in [0.05, 0.1) is 11.4 Å². The topological polar surface area (TPSA) is 69.6 Å². The zero-order valence-corrected chi connectivity index (χ0v) is 15.1. The molecule has 0 radical (unpaired) electrons. The fourth-order valence-corrected chi connectivity index (χ4v) is 3.63. The largest absolute Gasteiger partial charge is 0.382 e. The van der Waals surface area contributed by atoms with Crippen LogP contribution in [0.4, 0.5) is 10.2 Å². The van der Waals surface area contributed by atoms with Gasteiger partial charge < -0.3 is 5.73 Å². The summed E-state index contributed by atoms with van der Waals surface area (Å²) in [7, 11) is 0. The van der Waals surface area contributed by atoms with Crippen LogP contribution in [0.25, 0.3) is 27.6 Å². The summed E-state index contributed by atoms with van der Waals surface area (Å²) in [5, 5.41) is 10.9. The number of nitrogens with two attached hydrogens (primary N) is 1. The van der Waals surface area contributed by atoms with E-state index < -0.39 is 0 Å². The molecule has 0 unspecified atom stereocenters. The van der Waals surface area contributed by atoms with Gasteiger partial charge in [0.15, 0.2) is 11.5 Å². The molecule has 0 spiro atoms. The highest BCUT2D eigenvalue weighted by Gasteiger charge is 2.17. The quantitative estimate of drug-likeness (QED) is 0.584. The number of thiazole rings is 1. The van der Waals surface area contributed by atoms with Crippen molar-refractivity contribution < 1.29 is 4.39 Å². The van der Waals surface area contributed by atoms with Gasteiger partial charge in [-0.3, -0.25) is 0 Å². The Kier molecular flexibility index (Phi) is 4.00. The molecule has 26 heavy (non-hydrogen) atoms. The molecule has 2 aromatic heterocycles. The van der Waals surface area contributed by atoms with E-state index in [2.05, 4.69) is 47.3 Å². The van der Waals surface area contributed by atoms with Crippen LogP contribution in [0.2, 0.25) is 0 Å². The van der Waals surface area contributed by atoms with E-state index in [0.717, 1.165) is 11.3 Å². The molecule has 130 valence electrons. The molecule has 0 bridgehead atoms. The minimum absolute atomic E-state index is 0.314. The lowest BCUT2D eigenvalue weighted by molar-refractivity contribution is 0.627. The lowest BCUT2D eigenvalue weighted by atomic mass is 10.0. The van der Waals surface area contributed by atoms with E-state index in [1.165, 1.54) is 39.3 Å². The molecule has 0 aliphatic heterocycles. The van der Waals surface area contributed by atoms with Crippen molar-refractivity contribution in [3.63, 3.8) is 0 Å². The molecule has 4 rings (SSSR count). The second kappa shape index (κ2) is 6.34. The van der Waals surface area contributed by atoms with E-state index in [1.54, 1.807) is 12.1 Å². The van der Waals surface area contributed by atoms with E-state index in [4.69, 9.17) is 5.73 Å². The fraction of sp³-hybridized carbons (Fsp3) is 0.105. The van der Waals surface area contributed by atoms with Crippen LogP contribution in [0.3, 0.4) is 0 Å². The summed E-state index contributed by atoms with van der Waals surface area (Å²) in [5.74, 6) is 0.0591. The second-order valence-electron chi connectivity index (χ2n) is 6.07. The van der Waals surface area contributed by atoms with Crippen molar-refractivity contribution in [1.82, 2.24) is 20.0 Å². The van der Waals surface area contributed by atoms with Gasteiger partial charge in [0.25, 0.3) is 0 Å². The van der Waals surface area contributed by atoms with Gasteiger partial charge in [-0.25, -0.2) is 9.37 Å². The molecule has 0 fully saturated rings. The number of hydrogen-bond donors (Lipinski definition) is 1. The summed E-state index contributed by atoms with van der Waals surface area (Å²) in [5.41, 5.74) is 11.7. The van der Waals surface area contributed by atoms with Crippen LogP contribution in [0, 0.1) is 19.7 Å². The molecular formula is C19H16FN5S. The van der Waals surface area contributed by atoms with Gasteiger partial charge >= 0.3 is 0 Å². The number of halogens is 1. The van der Waals surface area contributed by atoms with E-state index >= 15 is 0 Å². The Balaban J connectivity index is 1.71. The Morgan fingerprint density at radius 1 is 1.08 bits per heavy atom. The molecule has 2 N–H and O–H groups in total. The third-order valence-corrected chi connectivity index (χ3v) is 4.99. The van der Waals surface area contributed by atoms with Crippen molar-refractivity contribution in [2.24, 2.45) is 0 Å². The summed E-state index contributed by atoms with van der Waals surface area (Å²) in [6, 6.07) is 12.2. The molecular weight excluding hydrogens is 349 g/mol. The molecule has 0 atom stereocenters. The van der Waals surface area contributed by atoms with Crippen molar-refractivity contribution in [2.45, 2.75) is 13.8 Å². The van der Waals surface area contributed by atoms with Crippen LogP contribution in [0.15, 0.2) is 47.8 Å². The van der Waals surface area contributed by atoms with Crippen LogP contribution >= 0.6 is 11.3 Å². The van der Waals surface area contributed by atoms with Crippen LogP contribution in [0.5, 0.6) is 0 Å². The van der Waals surface area contributed by atoms with Crippen LogP contribution in [-0.4, -0.2) is 20.0 Å². The van der Waals surface area contributed by atoms with E-state index in [1.807, 2.05) is 5.38 Å². The summed E-state index contributed by atoms with van der Waals surface area (Å²) in [4.78, 5) is 4.69. The standard InChI is InChI=1S/C19H16FN5S/c1-11-3-8-15(12(2)9-11)16-10-26-19(22-16)17-18(21)25(24-23-17)14-6-4-13(20)5-7-14/h3-10H,21H2,1-2H3. The van der Waals surface area contributed by atoms with Gasteiger partial charge in [0.2, 0.25) is 0 Å². The molecule has 0 aliphatic rings. The predicted octanol–water partition coefficient (Wildman–Crippen LogP) is 4.40. The molecule has 7 heteroatoms. The SMILES string of the molecule is Cc1ccc(-c2csc(-c3nnn(-c4ccc(F)cc4)c3N)n2)c(C)c1. The van der Waals surface area contributed by atoms with Gasteiger partial charge in [-0.2, -0.15) is 4.68 Å². The number of anilines is 1. The minimum atomic E-state index is -0.314. The maximum absolute atomic E-state index is 13.1. The molecule has 2 heterocycles. The van der Waals surface area contributed by atoms with Gasteiger partial charge in [-0.1, -0.05) is 29.0 Å². The Labute approximate surface area is 153 Å². The van der Waals surface area contributed by atoms with Gasteiger partial charge in [-0.05, 0) is 43.7 Å². The first-order valence-electron chi connectivity index (χ1n) is 8.03. The molecule has 2 aromatic carbocycles. The maximum atomic E-state index is 13.1. The lowest BCUT2D eigenvalue weighted by Gasteiger charge is -2.03. The number of hydrogen-bond acceptors (Lipinski definition) is 5. The first-order chi connectivity index (χ1) is 12.5. The van der Waals surface area contributed by atoms with Gasteiger partial charge in [0.1, 0.15) is 10.8 Å². The molecule has 0 saturated heterocycles. The first kappa shape index (κ1) is 16.4. The average Bonchev–Trinajstić information content (AvgIpc) is 3.22. The smallest absolute Gasteiger partial charge is 0.165 e.